The van der Waals surface area contributed by atoms with E-state index in [1.54, 1.807) is 0 Å². The molecule has 0 unspecified atom stereocenters. The summed E-state index contributed by atoms with van der Waals surface area (Å²) < 4.78 is 19.1. The zero-order chi connectivity index (χ0) is 24.6. The van der Waals surface area contributed by atoms with Crippen LogP contribution in [0.15, 0.2) is 23.0 Å². The SMILES string of the molecule is CC(C)[C@H](c1nnnn1C1CCCC1)N(Cc1cc2cc3c(cc2[nH]c1=O)OCO3)C[C@H]1CCCO1. The minimum Gasteiger partial charge on any atom is -0.454 e. The normalized spacial score (nSPS) is 20.8. The first-order valence-corrected chi connectivity index (χ1v) is 13.2. The Morgan fingerprint density at radius 2 is 1.92 bits per heavy atom. The van der Waals surface area contributed by atoms with Gasteiger partial charge in [0.2, 0.25) is 6.79 Å². The van der Waals surface area contributed by atoms with Crippen LogP contribution in [0.5, 0.6) is 11.5 Å². The molecule has 0 bridgehead atoms. The lowest BCUT2D eigenvalue weighted by Gasteiger charge is -2.35. The third-order valence-corrected chi connectivity index (χ3v) is 7.73. The third kappa shape index (κ3) is 4.48. The maximum atomic E-state index is 13.2. The molecule has 0 radical (unpaired) electrons. The van der Waals surface area contributed by atoms with Crippen molar-refractivity contribution in [2.24, 2.45) is 5.92 Å². The summed E-state index contributed by atoms with van der Waals surface area (Å²) in [6, 6.07) is 6.03. The molecular weight excluding hydrogens is 460 g/mol. The number of aromatic nitrogens is 5. The van der Waals surface area contributed by atoms with E-state index in [1.807, 2.05) is 22.9 Å². The molecule has 3 aromatic rings. The van der Waals surface area contributed by atoms with Gasteiger partial charge in [0.15, 0.2) is 17.3 Å². The molecule has 1 aromatic carbocycles. The fraction of sp³-hybridized carbons (Fsp3) is 0.615. The van der Waals surface area contributed by atoms with Gasteiger partial charge < -0.3 is 19.2 Å². The molecular formula is C26H34N6O4. The lowest BCUT2D eigenvalue weighted by molar-refractivity contribution is 0.0379. The van der Waals surface area contributed by atoms with E-state index in [2.05, 4.69) is 39.3 Å². The van der Waals surface area contributed by atoms with E-state index >= 15 is 0 Å². The van der Waals surface area contributed by atoms with Crippen LogP contribution in [0.3, 0.4) is 0 Å². The van der Waals surface area contributed by atoms with Gasteiger partial charge in [-0.05, 0) is 54.2 Å². The molecule has 36 heavy (non-hydrogen) atoms. The monoisotopic (exact) mass is 494 g/mol. The highest BCUT2D eigenvalue weighted by Crippen LogP contribution is 2.37. The zero-order valence-electron chi connectivity index (χ0n) is 21.0. The molecule has 2 aromatic heterocycles. The Kier molecular flexibility index (Phi) is 6.39. The molecule has 10 heteroatoms. The van der Waals surface area contributed by atoms with Crippen LogP contribution >= 0.6 is 0 Å². The number of rotatable bonds is 8. The molecule has 0 spiro atoms. The zero-order valence-corrected chi connectivity index (χ0v) is 21.0. The molecule has 1 saturated carbocycles. The van der Waals surface area contributed by atoms with Gasteiger partial charge in [0.05, 0.1) is 23.7 Å². The van der Waals surface area contributed by atoms with E-state index in [9.17, 15) is 4.79 Å². The smallest absolute Gasteiger partial charge is 0.252 e. The summed E-state index contributed by atoms with van der Waals surface area (Å²) in [7, 11) is 0. The van der Waals surface area contributed by atoms with Crippen LogP contribution in [0, 0.1) is 5.92 Å². The van der Waals surface area contributed by atoms with Crippen molar-refractivity contribution in [2.75, 3.05) is 19.9 Å². The topological polar surface area (TPSA) is 107 Å². The minimum atomic E-state index is -0.100. The minimum absolute atomic E-state index is 0.0448. The van der Waals surface area contributed by atoms with Crippen molar-refractivity contribution in [3.05, 3.63) is 39.9 Å². The highest BCUT2D eigenvalue weighted by molar-refractivity contribution is 5.83. The molecule has 2 fully saturated rings. The fourth-order valence-corrected chi connectivity index (χ4v) is 5.99. The second-order valence-electron chi connectivity index (χ2n) is 10.6. The highest BCUT2D eigenvalue weighted by Gasteiger charge is 2.34. The number of tetrazole rings is 1. The molecule has 1 aliphatic carbocycles. The second kappa shape index (κ2) is 9.82. The number of pyridine rings is 1. The standard InChI is InChI=1S/C26H34N6O4/c1-16(2)24(25-28-29-30-32(25)19-6-3-4-7-19)31(14-20-8-5-9-34-20)13-18-10-17-11-22-23(36-15-35-22)12-21(17)27-26(18)33/h10-12,16,19-20,24H,3-9,13-15H2,1-2H3,(H,27,33)/t20-,24-/m1/s1. The predicted molar refractivity (Wildman–Crippen MR) is 133 cm³/mol. The van der Waals surface area contributed by atoms with Crippen molar-refractivity contribution < 1.29 is 14.2 Å². The Hall–Kier alpha value is -2.98. The molecule has 4 heterocycles. The van der Waals surface area contributed by atoms with Crippen molar-refractivity contribution in [3.63, 3.8) is 0 Å². The lowest BCUT2D eigenvalue weighted by Crippen LogP contribution is -2.40. The van der Waals surface area contributed by atoms with E-state index < -0.39 is 0 Å². The van der Waals surface area contributed by atoms with Crippen LogP contribution in [-0.4, -0.2) is 56.1 Å². The number of fused-ring (bicyclic) bond motifs is 2. The Labute approximate surface area is 209 Å². The Morgan fingerprint density at radius 3 is 2.67 bits per heavy atom. The van der Waals surface area contributed by atoms with Crippen LogP contribution in [-0.2, 0) is 11.3 Å². The lowest BCUT2D eigenvalue weighted by atomic mass is 9.99. The predicted octanol–water partition coefficient (Wildman–Crippen LogP) is 3.74. The van der Waals surface area contributed by atoms with E-state index in [4.69, 9.17) is 14.2 Å². The largest absolute Gasteiger partial charge is 0.454 e. The maximum Gasteiger partial charge on any atom is 0.252 e. The van der Waals surface area contributed by atoms with Crippen LogP contribution in [0.4, 0.5) is 0 Å². The van der Waals surface area contributed by atoms with E-state index in [0.717, 1.165) is 55.6 Å². The van der Waals surface area contributed by atoms with E-state index in [0.29, 0.717) is 29.6 Å². The number of nitrogens with zero attached hydrogens (tertiary/aromatic N) is 5. The molecule has 2 atom stereocenters. The first-order valence-electron chi connectivity index (χ1n) is 13.2. The van der Waals surface area contributed by atoms with Crippen molar-refractivity contribution in [1.29, 1.82) is 0 Å². The van der Waals surface area contributed by atoms with Crippen LogP contribution in [0.25, 0.3) is 10.9 Å². The van der Waals surface area contributed by atoms with Gasteiger partial charge in [-0.1, -0.05) is 26.7 Å². The molecule has 3 aliphatic rings. The summed E-state index contributed by atoms with van der Waals surface area (Å²) in [5, 5.41) is 14.0. The van der Waals surface area contributed by atoms with Crippen LogP contribution in [0.2, 0.25) is 0 Å². The summed E-state index contributed by atoms with van der Waals surface area (Å²) in [5.74, 6) is 2.48. The molecule has 1 saturated heterocycles. The quantitative estimate of drug-likeness (QED) is 0.505. The highest BCUT2D eigenvalue weighted by atomic mass is 16.7. The van der Waals surface area contributed by atoms with E-state index in [1.165, 1.54) is 12.8 Å². The molecule has 2 aliphatic heterocycles. The average Bonchev–Trinajstić information content (AvgIpc) is 3.65. The Balaban J connectivity index is 1.37. The maximum absolute atomic E-state index is 13.2. The van der Waals surface area contributed by atoms with Crippen LogP contribution < -0.4 is 15.0 Å². The average molecular weight is 495 g/mol. The van der Waals surface area contributed by atoms with Gasteiger partial charge >= 0.3 is 0 Å². The number of H-pyrrole nitrogens is 1. The number of aromatic amines is 1. The van der Waals surface area contributed by atoms with Crippen molar-refractivity contribution >= 4 is 10.9 Å². The summed E-state index contributed by atoms with van der Waals surface area (Å²) in [6.07, 6.45) is 6.85. The van der Waals surface area contributed by atoms with Gasteiger partial charge in [-0.2, -0.15) is 0 Å². The second-order valence-corrected chi connectivity index (χ2v) is 10.6. The van der Waals surface area contributed by atoms with Gasteiger partial charge in [-0.3, -0.25) is 9.69 Å². The molecule has 192 valence electrons. The Morgan fingerprint density at radius 1 is 1.11 bits per heavy atom. The fourth-order valence-electron chi connectivity index (χ4n) is 5.99. The summed E-state index contributed by atoms with van der Waals surface area (Å²) in [4.78, 5) is 18.6. The van der Waals surface area contributed by atoms with E-state index in [-0.39, 0.29) is 30.4 Å². The van der Waals surface area contributed by atoms with Crippen molar-refractivity contribution in [3.8, 4) is 11.5 Å². The number of hydrogen-bond donors (Lipinski definition) is 1. The molecule has 0 amide bonds. The number of benzene rings is 1. The first kappa shape index (κ1) is 23.4. The number of ether oxygens (including phenoxy) is 3. The van der Waals surface area contributed by atoms with Crippen LogP contribution in [0.1, 0.15) is 75.8 Å². The van der Waals surface area contributed by atoms with Gasteiger partial charge in [0.25, 0.3) is 5.56 Å². The summed E-state index contributed by atoms with van der Waals surface area (Å²) in [5.41, 5.74) is 1.34. The van der Waals surface area contributed by atoms with Crippen molar-refractivity contribution in [1.82, 2.24) is 30.1 Å². The van der Waals surface area contributed by atoms with Gasteiger partial charge in [0.1, 0.15) is 0 Å². The van der Waals surface area contributed by atoms with Crippen molar-refractivity contribution in [2.45, 2.75) is 77.1 Å². The molecule has 10 nitrogen and oxygen atoms in total. The van der Waals surface area contributed by atoms with Gasteiger partial charge in [-0.25, -0.2) is 4.68 Å². The number of hydrogen-bond acceptors (Lipinski definition) is 8. The molecule has 1 N–H and O–H groups in total. The summed E-state index contributed by atoms with van der Waals surface area (Å²) in [6.45, 7) is 6.58. The third-order valence-electron chi connectivity index (χ3n) is 7.73. The number of nitrogens with one attached hydrogen (secondary N) is 1. The van der Waals surface area contributed by atoms with Gasteiger partial charge in [-0.15, -0.1) is 5.10 Å². The Bertz CT molecular complexity index is 1280. The molecule has 6 rings (SSSR count). The first-order chi connectivity index (χ1) is 17.6. The van der Waals surface area contributed by atoms with Gasteiger partial charge in [0, 0.05) is 36.7 Å². The summed E-state index contributed by atoms with van der Waals surface area (Å²) >= 11 is 0.